The monoisotopic (exact) mass is 305 g/mol. The van der Waals surface area contributed by atoms with Crippen molar-refractivity contribution in [2.24, 2.45) is 28.6 Å². The molecule has 4 nitrogen and oxygen atoms in total. The molecule has 4 rings (SSSR count). The number of Topliss-reactive ketones (excluding diaryl/α,β-unsaturated/α-hetero) is 1. The molecule has 4 heteroatoms. The lowest BCUT2D eigenvalue weighted by Gasteiger charge is -2.59. The topological polar surface area (TPSA) is 66.4 Å². The largest absolute Gasteiger partial charge is 0.393 e. The zero-order valence-electron chi connectivity index (χ0n) is 13.6. The smallest absolute Gasteiger partial charge is 0.223 e. The molecule has 0 bridgehead atoms. The molecule has 0 radical (unpaired) electrons. The lowest BCUT2D eigenvalue weighted by molar-refractivity contribution is -0.158. The molecule has 1 saturated heterocycles. The van der Waals surface area contributed by atoms with E-state index in [1.54, 1.807) is 0 Å². The third-order valence-electron chi connectivity index (χ3n) is 7.77. The van der Waals surface area contributed by atoms with E-state index >= 15 is 0 Å². The molecule has 2 N–H and O–H groups in total. The molecule has 1 amide bonds. The summed E-state index contributed by atoms with van der Waals surface area (Å²) >= 11 is 0. The van der Waals surface area contributed by atoms with E-state index in [1.807, 2.05) is 0 Å². The molecule has 4 aliphatic rings. The van der Waals surface area contributed by atoms with E-state index in [2.05, 4.69) is 19.2 Å². The molecule has 1 heterocycles. The normalized spacial score (nSPS) is 54.2. The first kappa shape index (κ1) is 14.7. The highest BCUT2D eigenvalue weighted by atomic mass is 16.3. The predicted octanol–water partition coefficient (Wildman–Crippen LogP) is 2.05. The second-order valence-corrected chi connectivity index (χ2v) is 8.65. The lowest BCUT2D eigenvalue weighted by atomic mass is 9.49. The number of aliphatic hydroxyl groups is 1. The molecular weight excluding hydrogens is 278 g/mol. The van der Waals surface area contributed by atoms with Crippen molar-refractivity contribution in [1.82, 2.24) is 5.32 Å². The molecule has 1 aliphatic heterocycles. The van der Waals surface area contributed by atoms with Crippen LogP contribution in [0.15, 0.2) is 0 Å². The van der Waals surface area contributed by atoms with Gasteiger partial charge in [0, 0.05) is 23.8 Å². The average molecular weight is 305 g/mol. The first-order chi connectivity index (χ1) is 10.4. The summed E-state index contributed by atoms with van der Waals surface area (Å²) in [6.07, 6.45) is 5.69. The Morgan fingerprint density at radius 1 is 1.09 bits per heavy atom. The summed E-state index contributed by atoms with van der Waals surface area (Å²) in [6.45, 7) is 4.40. The Morgan fingerprint density at radius 2 is 1.86 bits per heavy atom. The van der Waals surface area contributed by atoms with E-state index in [0.717, 1.165) is 32.1 Å². The van der Waals surface area contributed by atoms with Gasteiger partial charge in [-0.1, -0.05) is 13.8 Å². The van der Waals surface area contributed by atoms with Crippen LogP contribution in [0.5, 0.6) is 0 Å². The fraction of sp³-hybridized carbons (Fsp3) is 0.889. The minimum Gasteiger partial charge on any atom is -0.393 e. The minimum absolute atomic E-state index is 0.00157. The van der Waals surface area contributed by atoms with E-state index < -0.39 is 0 Å². The SMILES string of the molecule is C[C@]12CCC(O)CC1NC(=O)[C@@H]1[C@H]2CC[C@]2(C)C(=O)CC[C@@H]12. The maximum Gasteiger partial charge on any atom is 0.223 e. The van der Waals surface area contributed by atoms with E-state index in [9.17, 15) is 14.7 Å². The highest BCUT2D eigenvalue weighted by Gasteiger charge is 2.62. The summed E-state index contributed by atoms with van der Waals surface area (Å²) in [5.74, 6) is 1.12. The van der Waals surface area contributed by atoms with E-state index in [1.165, 1.54) is 0 Å². The molecule has 3 aliphatic carbocycles. The van der Waals surface area contributed by atoms with Crippen LogP contribution in [0.25, 0.3) is 0 Å². The van der Waals surface area contributed by atoms with Gasteiger partial charge in [-0.25, -0.2) is 0 Å². The average Bonchev–Trinajstić information content (AvgIpc) is 2.77. The number of fused-ring (bicyclic) bond motifs is 5. The van der Waals surface area contributed by atoms with Crippen LogP contribution in [0.1, 0.15) is 58.8 Å². The molecule has 22 heavy (non-hydrogen) atoms. The van der Waals surface area contributed by atoms with Crippen molar-refractivity contribution in [3.05, 3.63) is 0 Å². The Kier molecular flexibility index (Phi) is 3.04. The maximum absolute atomic E-state index is 12.8. The van der Waals surface area contributed by atoms with Gasteiger partial charge in [-0.2, -0.15) is 0 Å². The number of amides is 1. The zero-order chi connectivity index (χ0) is 15.7. The van der Waals surface area contributed by atoms with Gasteiger partial charge in [0.1, 0.15) is 5.78 Å². The van der Waals surface area contributed by atoms with Gasteiger partial charge in [0.15, 0.2) is 0 Å². The number of hydrogen-bond acceptors (Lipinski definition) is 3. The third kappa shape index (κ3) is 1.73. The first-order valence-electron chi connectivity index (χ1n) is 8.88. The Balaban J connectivity index is 1.70. The summed E-state index contributed by atoms with van der Waals surface area (Å²) in [6, 6.07) is 0.103. The molecule has 3 saturated carbocycles. The number of carbonyl (C=O) groups excluding carboxylic acids is 2. The van der Waals surface area contributed by atoms with Gasteiger partial charge in [-0.3, -0.25) is 9.59 Å². The van der Waals surface area contributed by atoms with Gasteiger partial charge < -0.3 is 10.4 Å². The van der Waals surface area contributed by atoms with Gasteiger partial charge >= 0.3 is 0 Å². The summed E-state index contributed by atoms with van der Waals surface area (Å²) < 4.78 is 0. The van der Waals surface area contributed by atoms with Crippen molar-refractivity contribution in [2.75, 3.05) is 0 Å². The highest BCUT2D eigenvalue weighted by Crippen LogP contribution is 2.61. The maximum atomic E-state index is 12.8. The van der Waals surface area contributed by atoms with Crippen molar-refractivity contribution < 1.29 is 14.7 Å². The summed E-state index contributed by atoms with van der Waals surface area (Å²) in [7, 11) is 0. The van der Waals surface area contributed by atoms with E-state index in [0.29, 0.717) is 24.5 Å². The number of rotatable bonds is 0. The molecule has 2 unspecified atom stereocenters. The van der Waals surface area contributed by atoms with Gasteiger partial charge in [0.25, 0.3) is 0 Å². The molecule has 4 fully saturated rings. The Labute approximate surface area is 132 Å². The molecule has 0 aromatic rings. The quantitative estimate of drug-likeness (QED) is 0.720. The molecule has 0 aromatic heterocycles. The molecule has 0 spiro atoms. The highest BCUT2D eigenvalue weighted by molar-refractivity contribution is 5.90. The predicted molar refractivity (Wildman–Crippen MR) is 81.9 cm³/mol. The van der Waals surface area contributed by atoms with Crippen LogP contribution >= 0.6 is 0 Å². The van der Waals surface area contributed by atoms with Crippen LogP contribution in [0.4, 0.5) is 0 Å². The number of ketones is 1. The zero-order valence-corrected chi connectivity index (χ0v) is 13.6. The Morgan fingerprint density at radius 3 is 2.64 bits per heavy atom. The fourth-order valence-corrected chi connectivity index (χ4v) is 6.27. The van der Waals surface area contributed by atoms with E-state index in [-0.39, 0.29) is 40.7 Å². The van der Waals surface area contributed by atoms with Gasteiger partial charge in [0.2, 0.25) is 5.91 Å². The standard InChI is InChI=1S/C18H27NO3/c1-17-7-5-10(20)9-13(17)19-16(22)15-11-3-4-14(21)18(11,2)8-6-12(15)17/h10-13,15,20H,3-9H2,1-2H3,(H,19,22)/t10?,11-,12+,13?,15-,17+,18-/m0/s1. The second kappa shape index (κ2) is 4.56. The van der Waals surface area contributed by atoms with Crippen molar-refractivity contribution in [3.63, 3.8) is 0 Å². The van der Waals surface area contributed by atoms with Crippen LogP contribution < -0.4 is 5.32 Å². The molecule has 0 aromatic carbocycles. The first-order valence-corrected chi connectivity index (χ1v) is 8.88. The number of carbonyl (C=O) groups is 2. The second-order valence-electron chi connectivity index (χ2n) is 8.65. The summed E-state index contributed by atoms with van der Waals surface area (Å²) in [5.41, 5.74) is -0.180. The Bertz CT molecular complexity index is 532. The number of aliphatic hydroxyl groups excluding tert-OH is 1. The van der Waals surface area contributed by atoms with Crippen LogP contribution in [0.3, 0.4) is 0 Å². The molecular formula is C18H27NO3. The number of hydrogen-bond donors (Lipinski definition) is 2. The van der Waals surface area contributed by atoms with E-state index in [4.69, 9.17) is 0 Å². The molecule has 122 valence electrons. The lowest BCUT2D eigenvalue weighted by Crippen LogP contribution is -2.66. The van der Waals surface area contributed by atoms with Crippen LogP contribution in [-0.4, -0.2) is 28.9 Å². The van der Waals surface area contributed by atoms with Crippen LogP contribution in [0, 0.1) is 28.6 Å². The minimum atomic E-state index is -0.281. The van der Waals surface area contributed by atoms with Gasteiger partial charge in [-0.15, -0.1) is 0 Å². The van der Waals surface area contributed by atoms with Crippen molar-refractivity contribution in [1.29, 1.82) is 0 Å². The Hall–Kier alpha value is -0.900. The summed E-state index contributed by atoms with van der Waals surface area (Å²) in [5, 5.41) is 13.2. The van der Waals surface area contributed by atoms with Gasteiger partial charge in [0.05, 0.1) is 6.10 Å². The van der Waals surface area contributed by atoms with Crippen LogP contribution in [0.2, 0.25) is 0 Å². The van der Waals surface area contributed by atoms with Gasteiger partial charge in [-0.05, 0) is 55.8 Å². The third-order valence-corrected chi connectivity index (χ3v) is 7.77. The number of piperidine rings is 1. The number of nitrogens with one attached hydrogen (secondary N) is 1. The summed E-state index contributed by atoms with van der Waals surface area (Å²) in [4.78, 5) is 25.2. The van der Waals surface area contributed by atoms with Crippen molar-refractivity contribution >= 4 is 11.7 Å². The van der Waals surface area contributed by atoms with Crippen LogP contribution in [-0.2, 0) is 9.59 Å². The van der Waals surface area contributed by atoms with Crippen molar-refractivity contribution in [3.8, 4) is 0 Å². The molecule has 7 atom stereocenters. The fourth-order valence-electron chi connectivity index (χ4n) is 6.27. The van der Waals surface area contributed by atoms with Crippen molar-refractivity contribution in [2.45, 2.75) is 70.9 Å².